The minimum absolute atomic E-state index is 0.231. The molecule has 122 valence electrons. The van der Waals surface area contributed by atoms with Crippen LogP contribution in [0.2, 0.25) is 0 Å². The van der Waals surface area contributed by atoms with Crippen LogP contribution in [0, 0.1) is 0 Å². The van der Waals surface area contributed by atoms with Crippen molar-refractivity contribution in [1.29, 1.82) is 0 Å². The summed E-state index contributed by atoms with van der Waals surface area (Å²) in [5, 5.41) is 1.80. The van der Waals surface area contributed by atoms with E-state index in [-0.39, 0.29) is 18.0 Å². The maximum atomic E-state index is 12.1. The number of methoxy groups -OCH3 is 1. The van der Waals surface area contributed by atoms with Gasteiger partial charge < -0.3 is 14.2 Å². The first kappa shape index (κ1) is 17.5. The van der Waals surface area contributed by atoms with E-state index >= 15 is 0 Å². The molecule has 0 aliphatic carbocycles. The van der Waals surface area contributed by atoms with Crippen LogP contribution in [0.15, 0.2) is 34.1 Å². The molecule has 0 spiro atoms. The number of carbonyl (C=O) groups excluding carboxylic acids is 2. The number of ether oxygens (including phenoxy) is 3. The SMILES string of the molecule is CCOc1c(Br)cc(C(=O)OCC(=O)c2cccs2)cc1OC. The van der Waals surface area contributed by atoms with Gasteiger partial charge in [0.15, 0.2) is 18.1 Å². The molecule has 2 rings (SSSR count). The van der Waals surface area contributed by atoms with E-state index in [9.17, 15) is 9.59 Å². The summed E-state index contributed by atoms with van der Waals surface area (Å²) in [5.41, 5.74) is 0.274. The highest BCUT2D eigenvalue weighted by atomic mass is 79.9. The first-order valence-electron chi connectivity index (χ1n) is 6.81. The van der Waals surface area contributed by atoms with Gasteiger partial charge in [-0.2, -0.15) is 0 Å². The quantitative estimate of drug-likeness (QED) is 0.521. The fraction of sp³-hybridized carbons (Fsp3) is 0.250. The van der Waals surface area contributed by atoms with Crippen molar-refractivity contribution < 1.29 is 23.8 Å². The van der Waals surface area contributed by atoms with Gasteiger partial charge in [0.05, 0.1) is 28.6 Å². The molecule has 0 unspecified atom stereocenters. The molecule has 0 saturated carbocycles. The van der Waals surface area contributed by atoms with Crippen LogP contribution < -0.4 is 9.47 Å². The topological polar surface area (TPSA) is 61.8 Å². The number of halogens is 1. The molecule has 1 aromatic carbocycles. The second kappa shape index (κ2) is 8.12. The predicted octanol–water partition coefficient (Wildman–Crippen LogP) is 3.96. The monoisotopic (exact) mass is 398 g/mol. The highest BCUT2D eigenvalue weighted by molar-refractivity contribution is 9.10. The van der Waals surface area contributed by atoms with Crippen LogP contribution >= 0.6 is 27.3 Å². The number of ketones is 1. The molecule has 0 bridgehead atoms. The fourth-order valence-corrected chi connectivity index (χ4v) is 3.05. The van der Waals surface area contributed by atoms with Gasteiger partial charge in [-0.25, -0.2) is 4.79 Å². The average Bonchev–Trinajstić information content (AvgIpc) is 3.08. The maximum Gasteiger partial charge on any atom is 0.338 e. The molecular weight excluding hydrogens is 384 g/mol. The lowest BCUT2D eigenvalue weighted by atomic mass is 10.2. The first-order valence-corrected chi connectivity index (χ1v) is 8.48. The number of esters is 1. The van der Waals surface area contributed by atoms with Gasteiger partial charge in [0, 0.05) is 0 Å². The maximum absolute atomic E-state index is 12.1. The molecule has 0 saturated heterocycles. The molecule has 0 aliphatic rings. The summed E-state index contributed by atoms with van der Waals surface area (Å²) < 4.78 is 16.3. The zero-order chi connectivity index (χ0) is 16.8. The van der Waals surface area contributed by atoms with Crippen LogP contribution in [0.25, 0.3) is 0 Å². The van der Waals surface area contributed by atoms with Gasteiger partial charge in [0.1, 0.15) is 0 Å². The zero-order valence-corrected chi connectivity index (χ0v) is 15.0. The first-order chi connectivity index (χ1) is 11.1. The largest absolute Gasteiger partial charge is 0.493 e. The van der Waals surface area contributed by atoms with Crippen LogP contribution in [0.3, 0.4) is 0 Å². The number of thiophene rings is 1. The van der Waals surface area contributed by atoms with Crippen LogP contribution in [-0.2, 0) is 4.74 Å². The van der Waals surface area contributed by atoms with Crippen molar-refractivity contribution in [2.75, 3.05) is 20.3 Å². The molecule has 5 nitrogen and oxygen atoms in total. The molecule has 1 heterocycles. The van der Waals surface area contributed by atoms with Gasteiger partial charge in [-0.1, -0.05) is 6.07 Å². The van der Waals surface area contributed by atoms with E-state index in [0.29, 0.717) is 27.5 Å². The predicted molar refractivity (Wildman–Crippen MR) is 90.8 cm³/mol. The summed E-state index contributed by atoms with van der Waals surface area (Å²) >= 11 is 4.65. The van der Waals surface area contributed by atoms with Crippen molar-refractivity contribution >= 4 is 39.0 Å². The molecule has 7 heteroatoms. The van der Waals surface area contributed by atoms with Gasteiger partial charge in [-0.15, -0.1) is 11.3 Å². The Morgan fingerprint density at radius 1 is 1.30 bits per heavy atom. The molecule has 0 N–H and O–H groups in total. The third-order valence-electron chi connectivity index (χ3n) is 2.88. The molecule has 0 atom stereocenters. The van der Waals surface area contributed by atoms with Gasteiger partial charge in [-0.05, 0) is 46.4 Å². The Morgan fingerprint density at radius 2 is 2.09 bits per heavy atom. The van der Waals surface area contributed by atoms with E-state index in [1.54, 1.807) is 23.6 Å². The number of hydrogen-bond donors (Lipinski definition) is 0. The molecule has 0 fully saturated rings. The summed E-state index contributed by atoms with van der Waals surface area (Å²) in [5.74, 6) is 0.0984. The third kappa shape index (κ3) is 4.33. The average molecular weight is 399 g/mol. The highest BCUT2D eigenvalue weighted by Crippen LogP contribution is 2.36. The Morgan fingerprint density at radius 3 is 2.70 bits per heavy atom. The van der Waals surface area contributed by atoms with Crippen molar-refractivity contribution in [3.8, 4) is 11.5 Å². The van der Waals surface area contributed by atoms with Gasteiger partial charge >= 0.3 is 5.97 Å². The molecule has 23 heavy (non-hydrogen) atoms. The van der Waals surface area contributed by atoms with Crippen LogP contribution in [0.4, 0.5) is 0 Å². The Balaban J connectivity index is 2.10. The van der Waals surface area contributed by atoms with Gasteiger partial charge in [0.2, 0.25) is 5.78 Å². The summed E-state index contributed by atoms with van der Waals surface area (Å²) in [4.78, 5) is 24.5. The number of Topliss-reactive ketones (excluding diaryl/α,β-unsaturated/α-hetero) is 1. The molecular formula is C16H15BrO5S. The number of benzene rings is 1. The van der Waals surface area contributed by atoms with Crippen LogP contribution in [-0.4, -0.2) is 32.1 Å². The van der Waals surface area contributed by atoms with Gasteiger partial charge in [-0.3, -0.25) is 4.79 Å². The van der Waals surface area contributed by atoms with Crippen molar-refractivity contribution in [2.24, 2.45) is 0 Å². The standard InChI is InChI=1S/C16H15BrO5S/c1-3-21-15-11(17)7-10(8-13(15)20-2)16(19)22-9-12(18)14-5-4-6-23-14/h4-8H,3,9H2,1-2H3. The third-order valence-corrected chi connectivity index (χ3v) is 4.38. The minimum atomic E-state index is -0.600. The smallest absolute Gasteiger partial charge is 0.338 e. The summed E-state index contributed by atoms with van der Waals surface area (Å²) in [6.45, 7) is 2.02. The summed E-state index contributed by atoms with van der Waals surface area (Å²) in [7, 11) is 1.49. The number of carbonyl (C=O) groups is 2. The minimum Gasteiger partial charge on any atom is -0.493 e. The Bertz CT molecular complexity index is 697. The second-order valence-electron chi connectivity index (χ2n) is 4.40. The fourth-order valence-electron chi connectivity index (χ4n) is 1.84. The molecule has 1 aromatic heterocycles. The van der Waals surface area contributed by atoms with E-state index < -0.39 is 5.97 Å². The van der Waals surface area contributed by atoms with Crippen molar-refractivity contribution in [1.82, 2.24) is 0 Å². The van der Waals surface area contributed by atoms with E-state index in [1.165, 1.54) is 24.5 Å². The number of rotatable bonds is 7. The Hall–Kier alpha value is -1.86. The van der Waals surface area contributed by atoms with E-state index in [0.717, 1.165) is 0 Å². The molecule has 2 aromatic rings. The number of hydrogen-bond acceptors (Lipinski definition) is 6. The lowest BCUT2D eigenvalue weighted by Crippen LogP contribution is -2.13. The normalized spacial score (nSPS) is 10.2. The van der Waals surface area contributed by atoms with E-state index in [1.807, 2.05) is 6.92 Å². The van der Waals surface area contributed by atoms with Crippen molar-refractivity contribution in [2.45, 2.75) is 6.92 Å². The van der Waals surface area contributed by atoms with Gasteiger partial charge in [0.25, 0.3) is 0 Å². The van der Waals surface area contributed by atoms with E-state index in [2.05, 4.69) is 15.9 Å². The zero-order valence-electron chi connectivity index (χ0n) is 12.6. The molecule has 0 radical (unpaired) electrons. The Kier molecular flexibility index (Phi) is 6.18. The summed E-state index contributed by atoms with van der Waals surface area (Å²) in [6.07, 6.45) is 0. The van der Waals surface area contributed by atoms with Crippen LogP contribution in [0.5, 0.6) is 11.5 Å². The molecule has 0 amide bonds. The lowest BCUT2D eigenvalue weighted by molar-refractivity contribution is 0.0475. The molecule has 0 aliphatic heterocycles. The van der Waals surface area contributed by atoms with Crippen LogP contribution in [0.1, 0.15) is 27.0 Å². The van der Waals surface area contributed by atoms with Crippen molar-refractivity contribution in [3.05, 3.63) is 44.6 Å². The van der Waals surface area contributed by atoms with Crippen molar-refractivity contribution in [3.63, 3.8) is 0 Å². The second-order valence-corrected chi connectivity index (χ2v) is 6.20. The lowest BCUT2D eigenvalue weighted by Gasteiger charge is -2.13. The highest BCUT2D eigenvalue weighted by Gasteiger charge is 2.18. The Labute approximate surface area is 146 Å². The van der Waals surface area contributed by atoms with E-state index in [4.69, 9.17) is 14.2 Å². The summed E-state index contributed by atoms with van der Waals surface area (Å²) in [6, 6.07) is 6.56.